The molecule has 3 heterocycles. The van der Waals surface area contributed by atoms with Crippen LogP contribution in [0.2, 0.25) is 0 Å². The lowest BCUT2D eigenvalue weighted by Gasteiger charge is -2.31. The van der Waals surface area contributed by atoms with Crippen molar-refractivity contribution in [1.29, 1.82) is 0 Å². The first-order chi connectivity index (χ1) is 13.9. The highest BCUT2D eigenvalue weighted by molar-refractivity contribution is 9.10. The number of thiazole rings is 1. The van der Waals surface area contributed by atoms with Gasteiger partial charge in [-0.2, -0.15) is 0 Å². The number of amides is 1. The minimum atomic E-state index is -0.741. The third-order valence-corrected chi connectivity index (χ3v) is 6.40. The van der Waals surface area contributed by atoms with Crippen LogP contribution in [0.4, 0.5) is 4.39 Å². The molecule has 1 aromatic heterocycles. The number of ether oxygens (including phenoxy) is 1. The zero-order valence-electron chi connectivity index (χ0n) is 15.3. The molecule has 1 fully saturated rings. The van der Waals surface area contributed by atoms with Gasteiger partial charge in [0.1, 0.15) is 11.9 Å². The summed E-state index contributed by atoms with van der Waals surface area (Å²) in [5, 5.41) is 2.47. The maximum atomic E-state index is 13.7. The van der Waals surface area contributed by atoms with Crippen molar-refractivity contribution < 1.29 is 18.7 Å². The molecule has 0 unspecified atom stereocenters. The van der Waals surface area contributed by atoms with Gasteiger partial charge >= 0.3 is 5.97 Å². The fourth-order valence-electron chi connectivity index (χ4n) is 3.61. The molecular formula is C19H16BrFN4O3S. The van der Waals surface area contributed by atoms with Gasteiger partial charge in [0.05, 0.1) is 18.6 Å². The Labute approximate surface area is 178 Å². The third kappa shape index (κ3) is 3.46. The summed E-state index contributed by atoms with van der Waals surface area (Å²) < 4.78 is 19.2. The quantitative estimate of drug-likeness (QED) is 0.681. The van der Waals surface area contributed by atoms with Crippen LogP contribution in [0.5, 0.6) is 0 Å². The Morgan fingerprint density at radius 2 is 2.21 bits per heavy atom. The van der Waals surface area contributed by atoms with Gasteiger partial charge in [0.15, 0.2) is 10.8 Å². The van der Waals surface area contributed by atoms with E-state index < -0.39 is 29.7 Å². The number of nitrogens with zero attached hydrogens (tertiary/aromatic N) is 3. The number of amidine groups is 1. The lowest BCUT2D eigenvalue weighted by atomic mass is 9.94. The number of halogens is 2. The number of aromatic nitrogens is 1. The SMILES string of the molecule is COC(=O)C1=C2C[C@@H](C(N)=O)CN2C(c2nccs2)=N[C@H]1c1ccc(F)cc1Br. The number of carbonyl (C=O) groups is 2. The summed E-state index contributed by atoms with van der Waals surface area (Å²) in [4.78, 5) is 35.6. The zero-order chi connectivity index (χ0) is 20.7. The van der Waals surface area contributed by atoms with E-state index in [1.54, 1.807) is 12.3 Å². The molecule has 1 saturated heterocycles. The molecule has 2 N–H and O–H groups in total. The Balaban J connectivity index is 1.93. The van der Waals surface area contributed by atoms with Crippen LogP contribution < -0.4 is 5.73 Å². The summed E-state index contributed by atoms with van der Waals surface area (Å²) in [6.45, 7) is 0.306. The van der Waals surface area contributed by atoms with E-state index in [9.17, 15) is 14.0 Å². The summed E-state index contributed by atoms with van der Waals surface area (Å²) in [5.41, 5.74) is 7.09. The van der Waals surface area contributed by atoms with Crippen molar-refractivity contribution in [3.05, 3.63) is 61.9 Å². The van der Waals surface area contributed by atoms with E-state index in [4.69, 9.17) is 15.5 Å². The van der Waals surface area contributed by atoms with Crippen molar-refractivity contribution in [2.24, 2.45) is 16.6 Å². The summed E-state index contributed by atoms with van der Waals surface area (Å²) >= 11 is 4.77. The fourth-order valence-corrected chi connectivity index (χ4v) is 4.81. The van der Waals surface area contributed by atoms with Gasteiger partial charge in [0.25, 0.3) is 0 Å². The number of benzene rings is 1. The number of hydrogen-bond donors (Lipinski definition) is 1. The van der Waals surface area contributed by atoms with Crippen LogP contribution in [0.3, 0.4) is 0 Å². The maximum absolute atomic E-state index is 13.7. The molecular weight excluding hydrogens is 463 g/mol. The molecule has 7 nitrogen and oxygen atoms in total. The second-order valence-corrected chi connectivity index (χ2v) is 8.37. The van der Waals surface area contributed by atoms with Gasteiger partial charge < -0.3 is 15.4 Å². The first kappa shape index (κ1) is 19.7. The molecule has 1 aromatic carbocycles. The Morgan fingerprint density at radius 1 is 1.41 bits per heavy atom. The minimum absolute atomic E-state index is 0.291. The molecule has 0 aliphatic carbocycles. The normalized spacial score (nSPS) is 21.1. The molecule has 150 valence electrons. The molecule has 2 aromatic rings. The fraction of sp³-hybridized carbons (Fsp3) is 0.263. The topological polar surface area (TPSA) is 97.9 Å². The van der Waals surface area contributed by atoms with Crippen molar-refractivity contribution >= 4 is 45.0 Å². The Morgan fingerprint density at radius 3 is 2.83 bits per heavy atom. The predicted octanol–water partition coefficient (Wildman–Crippen LogP) is 2.78. The van der Waals surface area contributed by atoms with E-state index >= 15 is 0 Å². The molecule has 2 aliphatic rings. The van der Waals surface area contributed by atoms with Gasteiger partial charge in [-0.05, 0) is 17.7 Å². The first-order valence-corrected chi connectivity index (χ1v) is 10.4. The lowest BCUT2D eigenvalue weighted by molar-refractivity contribution is -0.136. The van der Waals surface area contributed by atoms with Crippen LogP contribution in [-0.4, -0.2) is 41.3 Å². The molecule has 1 amide bonds. The molecule has 29 heavy (non-hydrogen) atoms. The van der Waals surface area contributed by atoms with Crippen molar-refractivity contribution in [2.45, 2.75) is 12.5 Å². The van der Waals surface area contributed by atoms with E-state index in [2.05, 4.69) is 20.9 Å². The minimum Gasteiger partial charge on any atom is -0.466 e. The van der Waals surface area contributed by atoms with E-state index in [-0.39, 0.29) is 0 Å². The first-order valence-electron chi connectivity index (χ1n) is 8.71. The number of primary amides is 1. The van der Waals surface area contributed by atoms with Gasteiger partial charge in [0, 0.05) is 34.7 Å². The number of aliphatic imine (C=N–C) groups is 1. The van der Waals surface area contributed by atoms with Crippen molar-refractivity contribution in [1.82, 2.24) is 9.88 Å². The number of fused-ring (bicyclic) bond motifs is 1. The summed E-state index contributed by atoms with van der Waals surface area (Å²) in [7, 11) is 1.29. The number of rotatable bonds is 4. The predicted molar refractivity (Wildman–Crippen MR) is 109 cm³/mol. The molecule has 0 spiro atoms. The summed E-state index contributed by atoms with van der Waals surface area (Å²) in [6, 6.07) is 3.47. The summed E-state index contributed by atoms with van der Waals surface area (Å²) in [6.07, 6.45) is 1.95. The van der Waals surface area contributed by atoms with Gasteiger partial charge in [-0.3, -0.25) is 9.79 Å². The maximum Gasteiger partial charge on any atom is 0.338 e. The van der Waals surface area contributed by atoms with Gasteiger partial charge in [0.2, 0.25) is 5.91 Å². The molecule has 0 saturated carbocycles. The molecule has 10 heteroatoms. The number of nitrogens with two attached hydrogens (primary N) is 1. The molecule has 4 rings (SSSR count). The average molecular weight is 479 g/mol. The van der Waals surface area contributed by atoms with E-state index in [0.29, 0.717) is 45.1 Å². The smallest absolute Gasteiger partial charge is 0.338 e. The van der Waals surface area contributed by atoms with Gasteiger partial charge in [-0.25, -0.2) is 14.2 Å². The standard InChI is InChI=1S/C19H16BrFN4O3S/c1-28-19(27)14-13-6-9(16(22)26)8-25(13)17(18-23-4-5-29-18)24-15(14)11-3-2-10(21)7-12(11)20/h2-5,7,9,15H,6,8H2,1H3,(H2,22,26)/t9-,15+/m1/s1. The number of methoxy groups -OCH3 is 1. The summed E-state index contributed by atoms with van der Waals surface area (Å²) in [5.74, 6) is -1.34. The highest BCUT2D eigenvalue weighted by atomic mass is 79.9. The van der Waals surface area contributed by atoms with Crippen molar-refractivity contribution in [3.8, 4) is 0 Å². The van der Waals surface area contributed by atoms with Crippen LogP contribution in [0.15, 0.2) is 50.5 Å². The number of hydrogen-bond acceptors (Lipinski definition) is 7. The van der Waals surface area contributed by atoms with Crippen LogP contribution in [0.25, 0.3) is 0 Å². The lowest BCUT2D eigenvalue weighted by Crippen LogP contribution is -2.36. The van der Waals surface area contributed by atoms with Crippen LogP contribution >= 0.6 is 27.3 Å². The second-order valence-electron chi connectivity index (χ2n) is 6.62. The number of esters is 1. The monoisotopic (exact) mass is 478 g/mol. The highest BCUT2D eigenvalue weighted by Gasteiger charge is 2.43. The van der Waals surface area contributed by atoms with Crippen LogP contribution in [0, 0.1) is 11.7 Å². The Kier molecular flexibility index (Phi) is 5.22. The molecule has 2 aliphatic heterocycles. The molecule has 2 atom stereocenters. The Hall–Kier alpha value is -2.59. The number of allylic oxidation sites excluding steroid dienone is 1. The van der Waals surface area contributed by atoms with Gasteiger partial charge in [-0.1, -0.05) is 22.0 Å². The average Bonchev–Trinajstić information content (AvgIpc) is 3.36. The van der Waals surface area contributed by atoms with Crippen LogP contribution in [-0.2, 0) is 14.3 Å². The van der Waals surface area contributed by atoms with E-state index in [1.165, 1.54) is 30.6 Å². The second kappa shape index (κ2) is 7.68. The van der Waals surface area contributed by atoms with E-state index in [1.807, 2.05) is 10.3 Å². The largest absolute Gasteiger partial charge is 0.466 e. The number of carbonyl (C=O) groups excluding carboxylic acids is 2. The third-order valence-electron chi connectivity index (χ3n) is 4.95. The van der Waals surface area contributed by atoms with Crippen molar-refractivity contribution in [2.75, 3.05) is 13.7 Å². The Bertz CT molecular complexity index is 1050. The van der Waals surface area contributed by atoms with Crippen molar-refractivity contribution in [3.63, 3.8) is 0 Å². The molecule has 0 radical (unpaired) electrons. The van der Waals surface area contributed by atoms with E-state index in [0.717, 1.165) is 0 Å². The van der Waals surface area contributed by atoms with Gasteiger partial charge in [-0.15, -0.1) is 11.3 Å². The highest BCUT2D eigenvalue weighted by Crippen LogP contribution is 2.43. The zero-order valence-corrected chi connectivity index (χ0v) is 17.7. The molecule has 0 bridgehead atoms. The van der Waals surface area contributed by atoms with Crippen LogP contribution in [0.1, 0.15) is 23.0 Å².